The SMILES string of the molecule is CC1NC(c2ccccc2)C(=O)N1C1CCS(=O)(=O)C1. The van der Waals surface area contributed by atoms with Gasteiger partial charge in [-0.3, -0.25) is 10.1 Å². The molecule has 0 radical (unpaired) electrons. The van der Waals surface area contributed by atoms with Crippen LogP contribution in [0.25, 0.3) is 0 Å². The Bertz CT molecular complexity index is 615. The molecule has 1 aromatic rings. The van der Waals surface area contributed by atoms with Crippen molar-refractivity contribution in [3.63, 3.8) is 0 Å². The molecule has 108 valence electrons. The second-order valence-corrected chi connectivity index (χ2v) is 7.72. The van der Waals surface area contributed by atoms with Crippen LogP contribution in [0.3, 0.4) is 0 Å². The molecule has 0 aromatic heterocycles. The second kappa shape index (κ2) is 4.86. The van der Waals surface area contributed by atoms with Gasteiger partial charge in [-0.2, -0.15) is 0 Å². The van der Waals surface area contributed by atoms with Crippen molar-refractivity contribution < 1.29 is 13.2 Å². The van der Waals surface area contributed by atoms with E-state index in [1.807, 2.05) is 37.3 Å². The molecule has 1 N–H and O–H groups in total. The van der Waals surface area contributed by atoms with E-state index in [-0.39, 0.29) is 35.7 Å². The number of carbonyl (C=O) groups is 1. The van der Waals surface area contributed by atoms with Crippen LogP contribution < -0.4 is 5.32 Å². The Morgan fingerprint density at radius 3 is 2.55 bits per heavy atom. The summed E-state index contributed by atoms with van der Waals surface area (Å²) in [6, 6.07) is 8.98. The van der Waals surface area contributed by atoms with Crippen molar-refractivity contribution in [3.05, 3.63) is 35.9 Å². The van der Waals surface area contributed by atoms with E-state index >= 15 is 0 Å². The Morgan fingerprint density at radius 1 is 1.25 bits per heavy atom. The van der Waals surface area contributed by atoms with Gasteiger partial charge in [0.05, 0.1) is 17.7 Å². The first-order chi connectivity index (χ1) is 9.48. The van der Waals surface area contributed by atoms with E-state index in [0.29, 0.717) is 6.42 Å². The zero-order valence-electron chi connectivity index (χ0n) is 11.3. The molecule has 0 spiro atoms. The largest absolute Gasteiger partial charge is 0.322 e. The fraction of sp³-hybridized carbons (Fsp3) is 0.500. The Balaban J connectivity index is 1.83. The molecular formula is C14H18N2O3S. The van der Waals surface area contributed by atoms with Gasteiger partial charge in [-0.25, -0.2) is 8.42 Å². The molecule has 3 atom stereocenters. The van der Waals surface area contributed by atoms with E-state index in [9.17, 15) is 13.2 Å². The van der Waals surface area contributed by atoms with Gasteiger partial charge >= 0.3 is 0 Å². The summed E-state index contributed by atoms with van der Waals surface area (Å²) in [6.07, 6.45) is 0.410. The van der Waals surface area contributed by atoms with Gasteiger partial charge in [-0.15, -0.1) is 0 Å². The van der Waals surface area contributed by atoms with Gasteiger partial charge in [0, 0.05) is 6.04 Å². The number of carbonyl (C=O) groups excluding carboxylic acids is 1. The van der Waals surface area contributed by atoms with Crippen LogP contribution in [-0.2, 0) is 14.6 Å². The van der Waals surface area contributed by atoms with Crippen molar-refractivity contribution in [1.82, 2.24) is 10.2 Å². The van der Waals surface area contributed by atoms with E-state index in [0.717, 1.165) is 5.56 Å². The highest BCUT2D eigenvalue weighted by Gasteiger charge is 2.44. The average molecular weight is 294 g/mol. The average Bonchev–Trinajstić information content (AvgIpc) is 2.90. The standard InChI is InChI=1S/C14H18N2O3S/c1-10-15-13(11-5-3-2-4-6-11)14(17)16(10)12-7-8-20(18,19)9-12/h2-6,10,12-13,15H,7-9H2,1H3. The van der Waals surface area contributed by atoms with Gasteiger partial charge in [0.15, 0.2) is 9.84 Å². The number of nitrogens with one attached hydrogen (secondary N) is 1. The summed E-state index contributed by atoms with van der Waals surface area (Å²) in [5.41, 5.74) is 0.924. The maximum absolute atomic E-state index is 12.6. The van der Waals surface area contributed by atoms with Crippen molar-refractivity contribution in [2.24, 2.45) is 0 Å². The fourth-order valence-corrected chi connectivity index (χ4v) is 4.82. The van der Waals surface area contributed by atoms with E-state index in [2.05, 4.69) is 5.32 Å². The van der Waals surface area contributed by atoms with Crippen LogP contribution in [0.1, 0.15) is 24.9 Å². The summed E-state index contributed by atoms with van der Waals surface area (Å²) >= 11 is 0. The first-order valence-electron chi connectivity index (χ1n) is 6.81. The highest BCUT2D eigenvalue weighted by atomic mass is 32.2. The van der Waals surface area contributed by atoms with Crippen molar-refractivity contribution >= 4 is 15.7 Å². The van der Waals surface area contributed by atoms with Crippen LogP contribution in [0, 0.1) is 0 Å². The van der Waals surface area contributed by atoms with Crippen LogP contribution in [0.15, 0.2) is 30.3 Å². The molecule has 0 saturated carbocycles. The van der Waals surface area contributed by atoms with Crippen LogP contribution in [0.2, 0.25) is 0 Å². The third kappa shape index (κ3) is 2.33. The molecule has 2 saturated heterocycles. The van der Waals surface area contributed by atoms with Crippen molar-refractivity contribution in [3.8, 4) is 0 Å². The lowest BCUT2D eigenvalue weighted by Crippen LogP contribution is -2.43. The van der Waals surface area contributed by atoms with Gasteiger partial charge in [0.1, 0.15) is 6.04 Å². The lowest BCUT2D eigenvalue weighted by molar-refractivity contribution is -0.131. The summed E-state index contributed by atoms with van der Waals surface area (Å²) in [5, 5.41) is 3.26. The molecule has 3 rings (SSSR count). The zero-order valence-corrected chi connectivity index (χ0v) is 12.1. The summed E-state index contributed by atoms with van der Waals surface area (Å²) in [5.74, 6) is 0.252. The Morgan fingerprint density at radius 2 is 1.95 bits per heavy atom. The van der Waals surface area contributed by atoms with Gasteiger partial charge in [-0.05, 0) is 18.9 Å². The molecule has 1 amide bonds. The Labute approximate surface area is 118 Å². The molecule has 2 aliphatic heterocycles. The number of amides is 1. The van der Waals surface area contributed by atoms with Crippen LogP contribution in [0.4, 0.5) is 0 Å². The van der Waals surface area contributed by atoms with Gasteiger partial charge in [0.25, 0.3) is 0 Å². The Kier molecular flexibility index (Phi) is 3.30. The van der Waals surface area contributed by atoms with Crippen LogP contribution in [-0.4, -0.2) is 42.9 Å². The first-order valence-corrected chi connectivity index (χ1v) is 8.64. The maximum atomic E-state index is 12.6. The normalized spacial score (nSPS) is 32.8. The van der Waals surface area contributed by atoms with Crippen molar-refractivity contribution in [1.29, 1.82) is 0 Å². The number of sulfone groups is 1. The molecule has 6 heteroatoms. The fourth-order valence-electron chi connectivity index (χ4n) is 3.11. The number of hydrogen-bond acceptors (Lipinski definition) is 4. The number of benzene rings is 1. The highest BCUT2D eigenvalue weighted by Crippen LogP contribution is 2.29. The van der Waals surface area contributed by atoms with Crippen LogP contribution >= 0.6 is 0 Å². The topological polar surface area (TPSA) is 66.5 Å². The molecule has 0 aliphatic carbocycles. The molecule has 20 heavy (non-hydrogen) atoms. The third-order valence-electron chi connectivity index (χ3n) is 4.06. The minimum atomic E-state index is -2.98. The van der Waals surface area contributed by atoms with Gasteiger partial charge in [-0.1, -0.05) is 30.3 Å². The minimum absolute atomic E-state index is 0.0224. The third-order valence-corrected chi connectivity index (χ3v) is 5.81. The van der Waals surface area contributed by atoms with E-state index < -0.39 is 9.84 Å². The summed E-state index contributed by atoms with van der Waals surface area (Å²) in [7, 11) is -2.98. The van der Waals surface area contributed by atoms with Crippen LogP contribution in [0.5, 0.6) is 0 Å². The van der Waals surface area contributed by atoms with Crippen molar-refractivity contribution in [2.45, 2.75) is 31.6 Å². The summed E-state index contributed by atoms with van der Waals surface area (Å²) < 4.78 is 23.2. The quantitative estimate of drug-likeness (QED) is 0.871. The number of hydrogen-bond donors (Lipinski definition) is 1. The predicted octanol–water partition coefficient (Wildman–Crippen LogP) is 0.693. The first kappa shape index (κ1) is 13.6. The zero-order chi connectivity index (χ0) is 14.3. The molecule has 2 aliphatic rings. The maximum Gasteiger partial charge on any atom is 0.245 e. The summed E-state index contributed by atoms with van der Waals surface area (Å²) in [6.45, 7) is 1.91. The van der Waals surface area contributed by atoms with E-state index in [1.54, 1.807) is 4.90 Å². The monoisotopic (exact) mass is 294 g/mol. The van der Waals surface area contributed by atoms with Gasteiger partial charge < -0.3 is 4.90 Å². The summed E-state index contributed by atoms with van der Waals surface area (Å²) in [4.78, 5) is 14.3. The second-order valence-electron chi connectivity index (χ2n) is 5.49. The number of rotatable bonds is 2. The minimum Gasteiger partial charge on any atom is -0.322 e. The highest BCUT2D eigenvalue weighted by molar-refractivity contribution is 7.91. The molecule has 5 nitrogen and oxygen atoms in total. The molecular weight excluding hydrogens is 276 g/mol. The lowest BCUT2D eigenvalue weighted by Gasteiger charge is -2.26. The molecule has 2 fully saturated rings. The molecule has 1 aromatic carbocycles. The van der Waals surface area contributed by atoms with E-state index in [1.165, 1.54) is 0 Å². The molecule has 3 unspecified atom stereocenters. The number of nitrogens with zero attached hydrogens (tertiary/aromatic N) is 1. The van der Waals surface area contributed by atoms with E-state index in [4.69, 9.17) is 0 Å². The predicted molar refractivity (Wildman–Crippen MR) is 75.7 cm³/mol. The lowest BCUT2D eigenvalue weighted by atomic mass is 10.1. The Hall–Kier alpha value is -1.40. The smallest absolute Gasteiger partial charge is 0.245 e. The van der Waals surface area contributed by atoms with Crippen molar-refractivity contribution in [2.75, 3.05) is 11.5 Å². The van der Waals surface area contributed by atoms with Gasteiger partial charge in [0.2, 0.25) is 5.91 Å². The molecule has 0 bridgehead atoms. The molecule has 2 heterocycles.